The monoisotopic (exact) mass is 229 g/mol. The Bertz CT molecular complexity index is 473. The van der Waals surface area contributed by atoms with Gasteiger partial charge in [-0.15, -0.1) is 0 Å². The van der Waals surface area contributed by atoms with E-state index < -0.39 is 0 Å². The molecule has 2 aromatic rings. The minimum atomic E-state index is 0.458. The van der Waals surface area contributed by atoms with Crippen LogP contribution in [0, 0.1) is 6.92 Å². The summed E-state index contributed by atoms with van der Waals surface area (Å²) >= 11 is 0. The third-order valence-electron chi connectivity index (χ3n) is 3.14. The minimum absolute atomic E-state index is 0.458. The molecular formula is C14H19N3. The van der Waals surface area contributed by atoms with Crippen LogP contribution in [0.25, 0.3) is 0 Å². The fourth-order valence-electron chi connectivity index (χ4n) is 2.15. The maximum absolute atomic E-state index is 5.66. The van der Waals surface area contributed by atoms with Gasteiger partial charge in [0, 0.05) is 5.69 Å². The summed E-state index contributed by atoms with van der Waals surface area (Å²) in [4.78, 5) is 7.36. The number of aryl methyl sites for hydroxylation is 2. The molecule has 0 bridgehead atoms. The number of aromatic amines is 1. The van der Waals surface area contributed by atoms with E-state index in [9.17, 15) is 0 Å². The largest absolute Gasteiger partial charge is 0.369 e. The van der Waals surface area contributed by atoms with Crippen LogP contribution < -0.4 is 5.73 Å². The van der Waals surface area contributed by atoms with Gasteiger partial charge in [-0.2, -0.15) is 0 Å². The molecule has 1 unspecified atom stereocenters. The van der Waals surface area contributed by atoms with E-state index in [0.29, 0.717) is 11.9 Å². The number of nitrogens with two attached hydrogens (primary N) is 1. The summed E-state index contributed by atoms with van der Waals surface area (Å²) in [6.07, 6.45) is 2.19. The average molecular weight is 229 g/mol. The highest BCUT2D eigenvalue weighted by Crippen LogP contribution is 2.23. The van der Waals surface area contributed by atoms with E-state index in [1.54, 1.807) is 0 Å². The maximum Gasteiger partial charge on any atom is 0.197 e. The van der Waals surface area contributed by atoms with Crippen LogP contribution in [0.2, 0.25) is 0 Å². The zero-order valence-corrected chi connectivity index (χ0v) is 10.4. The molecule has 1 heterocycles. The van der Waals surface area contributed by atoms with Crippen LogP contribution in [-0.4, -0.2) is 9.97 Å². The van der Waals surface area contributed by atoms with Crippen molar-refractivity contribution in [1.82, 2.24) is 9.97 Å². The van der Waals surface area contributed by atoms with E-state index in [2.05, 4.69) is 41.2 Å². The number of hydrogen-bond acceptors (Lipinski definition) is 2. The van der Waals surface area contributed by atoms with Crippen LogP contribution in [-0.2, 0) is 6.42 Å². The molecule has 3 heteroatoms. The molecule has 0 fully saturated rings. The Labute approximate surface area is 102 Å². The number of hydrogen-bond donors (Lipinski definition) is 2. The van der Waals surface area contributed by atoms with Gasteiger partial charge in [-0.3, -0.25) is 0 Å². The molecule has 0 amide bonds. The third-order valence-corrected chi connectivity index (χ3v) is 3.14. The van der Waals surface area contributed by atoms with Gasteiger partial charge in [0.05, 0.1) is 5.69 Å². The quantitative estimate of drug-likeness (QED) is 0.846. The summed E-state index contributed by atoms with van der Waals surface area (Å²) in [7, 11) is 0. The Hall–Kier alpha value is -1.77. The van der Waals surface area contributed by atoms with Crippen molar-refractivity contribution in [1.29, 1.82) is 0 Å². The first-order valence-corrected chi connectivity index (χ1v) is 6.02. The van der Waals surface area contributed by atoms with Gasteiger partial charge < -0.3 is 10.7 Å². The highest BCUT2D eigenvalue weighted by Gasteiger charge is 2.12. The second-order valence-electron chi connectivity index (χ2n) is 4.55. The van der Waals surface area contributed by atoms with Gasteiger partial charge in [-0.25, -0.2) is 4.98 Å². The van der Waals surface area contributed by atoms with Crippen molar-refractivity contribution in [2.24, 2.45) is 0 Å². The number of aromatic nitrogens is 2. The predicted molar refractivity (Wildman–Crippen MR) is 70.9 cm³/mol. The van der Waals surface area contributed by atoms with Crippen molar-refractivity contribution in [2.45, 2.75) is 32.6 Å². The number of nitrogen functional groups attached to an aromatic ring is 1. The Balaban J connectivity index is 1.98. The molecule has 0 aliphatic rings. The van der Waals surface area contributed by atoms with E-state index in [4.69, 9.17) is 5.73 Å². The lowest BCUT2D eigenvalue weighted by Crippen LogP contribution is -1.99. The Morgan fingerprint density at radius 2 is 2.00 bits per heavy atom. The summed E-state index contributed by atoms with van der Waals surface area (Å²) in [5, 5.41) is 0. The lowest BCUT2D eigenvalue weighted by atomic mass is 9.97. The summed E-state index contributed by atoms with van der Waals surface area (Å²) < 4.78 is 0. The van der Waals surface area contributed by atoms with Gasteiger partial charge in [0.15, 0.2) is 5.95 Å². The summed E-state index contributed by atoms with van der Waals surface area (Å²) in [5.74, 6) is 0.976. The fraction of sp³-hybridized carbons (Fsp3) is 0.357. The number of nitrogens with one attached hydrogen (secondary N) is 1. The molecule has 3 N–H and O–H groups in total. The van der Waals surface area contributed by atoms with Crippen molar-refractivity contribution in [3.63, 3.8) is 0 Å². The number of benzene rings is 1. The van der Waals surface area contributed by atoms with E-state index >= 15 is 0 Å². The second kappa shape index (κ2) is 5.04. The molecular weight excluding hydrogens is 210 g/mol. The molecule has 17 heavy (non-hydrogen) atoms. The van der Waals surface area contributed by atoms with Crippen LogP contribution >= 0.6 is 0 Å². The minimum Gasteiger partial charge on any atom is -0.369 e. The number of nitrogens with zero attached hydrogens (tertiary/aromatic N) is 1. The number of imidazole rings is 1. The summed E-state index contributed by atoms with van der Waals surface area (Å²) in [5.41, 5.74) is 9.22. The first-order chi connectivity index (χ1) is 8.16. The van der Waals surface area contributed by atoms with Crippen LogP contribution in [0.4, 0.5) is 5.95 Å². The second-order valence-corrected chi connectivity index (χ2v) is 4.55. The molecule has 1 aromatic carbocycles. The molecule has 90 valence electrons. The number of rotatable bonds is 4. The Kier molecular flexibility index (Phi) is 3.47. The van der Waals surface area contributed by atoms with Crippen molar-refractivity contribution < 1.29 is 0 Å². The highest BCUT2D eigenvalue weighted by molar-refractivity contribution is 5.27. The average Bonchev–Trinajstić information content (AvgIpc) is 2.67. The van der Waals surface area contributed by atoms with Gasteiger partial charge in [-0.1, -0.05) is 37.3 Å². The highest BCUT2D eigenvalue weighted by atomic mass is 15.0. The maximum atomic E-state index is 5.66. The molecule has 0 saturated heterocycles. The predicted octanol–water partition coefficient (Wildman–Crippen LogP) is 3.04. The fourth-order valence-corrected chi connectivity index (χ4v) is 2.15. The zero-order chi connectivity index (χ0) is 12.3. The smallest absolute Gasteiger partial charge is 0.197 e. The van der Waals surface area contributed by atoms with E-state index in [0.717, 1.165) is 18.5 Å². The first-order valence-electron chi connectivity index (χ1n) is 6.02. The molecule has 1 atom stereocenters. The van der Waals surface area contributed by atoms with E-state index in [1.807, 2.05) is 13.0 Å². The standard InChI is InChI=1S/C14H19N3/c1-10(13-11(2)16-14(15)17-13)8-9-12-6-4-3-5-7-12/h3-7,10H,8-9H2,1-2H3,(H3,15,16,17). The summed E-state index contributed by atoms with van der Waals surface area (Å²) in [6.45, 7) is 4.21. The summed E-state index contributed by atoms with van der Waals surface area (Å²) in [6, 6.07) is 10.5. The van der Waals surface area contributed by atoms with Crippen LogP contribution in [0.1, 0.15) is 36.2 Å². The molecule has 0 spiro atoms. The van der Waals surface area contributed by atoms with Gasteiger partial charge in [0.2, 0.25) is 0 Å². The van der Waals surface area contributed by atoms with Crippen molar-refractivity contribution in [2.75, 3.05) is 5.73 Å². The van der Waals surface area contributed by atoms with Gasteiger partial charge in [-0.05, 0) is 31.2 Å². The van der Waals surface area contributed by atoms with Crippen molar-refractivity contribution in [3.05, 3.63) is 47.3 Å². The van der Waals surface area contributed by atoms with Gasteiger partial charge in [0.25, 0.3) is 0 Å². The molecule has 3 nitrogen and oxygen atoms in total. The first kappa shape index (κ1) is 11.7. The van der Waals surface area contributed by atoms with Gasteiger partial charge >= 0.3 is 0 Å². The molecule has 1 aromatic heterocycles. The van der Waals surface area contributed by atoms with E-state index in [-0.39, 0.29) is 0 Å². The molecule has 0 radical (unpaired) electrons. The number of H-pyrrole nitrogens is 1. The van der Waals surface area contributed by atoms with Crippen LogP contribution in [0.3, 0.4) is 0 Å². The third kappa shape index (κ3) is 2.87. The normalized spacial score (nSPS) is 12.6. The topological polar surface area (TPSA) is 54.7 Å². The van der Waals surface area contributed by atoms with E-state index in [1.165, 1.54) is 11.3 Å². The molecule has 2 rings (SSSR count). The lowest BCUT2D eigenvalue weighted by Gasteiger charge is -2.10. The molecule has 0 aliphatic carbocycles. The van der Waals surface area contributed by atoms with Crippen molar-refractivity contribution >= 4 is 5.95 Å². The zero-order valence-electron chi connectivity index (χ0n) is 10.4. The van der Waals surface area contributed by atoms with Crippen LogP contribution in [0.5, 0.6) is 0 Å². The Morgan fingerprint density at radius 3 is 2.59 bits per heavy atom. The van der Waals surface area contributed by atoms with Crippen molar-refractivity contribution in [3.8, 4) is 0 Å². The number of anilines is 1. The van der Waals surface area contributed by atoms with Gasteiger partial charge in [0.1, 0.15) is 0 Å². The Morgan fingerprint density at radius 1 is 1.29 bits per heavy atom. The lowest BCUT2D eigenvalue weighted by molar-refractivity contribution is 0.660. The molecule has 0 saturated carbocycles. The SMILES string of the molecule is Cc1nc(N)[nH]c1C(C)CCc1ccccc1. The van der Waals surface area contributed by atoms with Crippen LogP contribution in [0.15, 0.2) is 30.3 Å². The molecule has 0 aliphatic heterocycles.